The van der Waals surface area contributed by atoms with Crippen LogP contribution in [0.25, 0.3) is 0 Å². The number of nitrogens with zero attached hydrogens (tertiary/aromatic N) is 2. The van der Waals surface area contributed by atoms with Crippen molar-refractivity contribution in [2.45, 2.75) is 54.4 Å². The molecule has 0 radical (unpaired) electrons. The second-order valence-electron chi connectivity index (χ2n) is 6.54. The van der Waals surface area contributed by atoms with Crippen LogP contribution in [0.1, 0.15) is 51.9 Å². The quantitative estimate of drug-likeness (QED) is 0.904. The molecule has 0 saturated heterocycles. The van der Waals surface area contributed by atoms with Gasteiger partial charge in [0.05, 0.1) is 17.1 Å². The first-order valence-electron chi connectivity index (χ1n) is 6.77. The van der Waals surface area contributed by atoms with Crippen molar-refractivity contribution < 1.29 is 4.79 Å². The van der Waals surface area contributed by atoms with E-state index in [4.69, 9.17) is 0 Å². The molecule has 0 aliphatic rings. The molecule has 0 saturated carbocycles. The molecule has 1 aromatic rings. The summed E-state index contributed by atoms with van der Waals surface area (Å²) in [6, 6.07) is 0. The maximum atomic E-state index is 12.0. The van der Waals surface area contributed by atoms with Crippen molar-refractivity contribution in [3.63, 3.8) is 0 Å². The summed E-state index contributed by atoms with van der Waals surface area (Å²) in [5.41, 5.74) is 2.62. The Morgan fingerprint density at radius 1 is 1.26 bits per heavy atom. The van der Waals surface area contributed by atoms with E-state index in [2.05, 4.69) is 43.0 Å². The summed E-state index contributed by atoms with van der Waals surface area (Å²) >= 11 is 0. The van der Waals surface area contributed by atoms with Gasteiger partial charge in [-0.2, -0.15) is 0 Å². The fourth-order valence-electron chi connectivity index (χ4n) is 2.40. The zero-order valence-electron chi connectivity index (χ0n) is 12.9. The van der Waals surface area contributed by atoms with E-state index in [1.165, 1.54) is 6.33 Å². The Morgan fingerprint density at radius 3 is 2.26 bits per heavy atom. The Morgan fingerprint density at radius 2 is 1.79 bits per heavy atom. The summed E-state index contributed by atoms with van der Waals surface area (Å²) in [7, 11) is 0. The van der Waals surface area contributed by atoms with Crippen molar-refractivity contribution in [3.05, 3.63) is 17.7 Å². The summed E-state index contributed by atoms with van der Waals surface area (Å²) in [5, 5.41) is 2.93. The van der Waals surface area contributed by atoms with Crippen molar-refractivity contribution in [1.29, 1.82) is 0 Å². The van der Waals surface area contributed by atoms with Crippen molar-refractivity contribution in [1.82, 2.24) is 9.97 Å². The molecule has 1 N–H and O–H groups in total. The SMILES string of the molecule is Cc1ncnc(C)c1NC(=O)CC(C)CC(C)(C)C. The maximum absolute atomic E-state index is 12.0. The molecule has 1 unspecified atom stereocenters. The molecular weight excluding hydrogens is 238 g/mol. The van der Waals surface area contributed by atoms with Gasteiger partial charge in [0, 0.05) is 6.42 Å². The monoisotopic (exact) mass is 263 g/mol. The predicted octanol–water partition coefficient (Wildman–Crippen LogP) is 3.49. The molecule has 4 heteroatoms. The van der Waals surface area contributed by atoms with Crippen LogP contribution in [0.15, 0.2) is 6.33 Å². The standard InChI is InChI=1S/C15H25N3O/c1-10(8-15(4,5)6)7-13(19)18-14-11(2)16-9-17-12(14)3/h9-10H,7-8H2,1-6H3,(H,18,19). The Kier molecular flexibility index (Phi) is 5.04. The molecule has 0 aliphatic heterocycles. The van der Waals surface area contributed by atoms with Crippen molar-refractivity contribution >= 4 is 11.6 Å². The van der Waals surface area contributed by atoms with Crippen LogP contribution in [0, 0.1) is 25.2 Å². The normalized spacial score (nSPS) is 13.2. The van der Waals surface area contributed by atoms with Gasteiger partial charge in [0.25, 0.3) is 0 Å². The van der Waals surface area contributed by atoms with Gasteiger partial charge in [0.2, 0.25) is 5.91 Å². The average Bonchev–Trinajstić information content (AvgIpc) is 2.20. The Bertz CT molecular complexity index is 429. The van der Waals surface area contributed by atoms with E-state index in [1.54, 1.807) is 0 Å². The van der Waals surface area contributed by atoms with Gasteiger partial charge in [-0.1, -0.05) is 27.7 Å². The number of hydrogen-bond acceptors (Lipinski definition) is 3. The highest BCUT2D eigenvalue weighted by Gasteiger charge is 2.18. The van der Waals surface area contributed by atoms with E-state index >= 15 is 0 Å². The highest BCUT2D eigenvalue weighted by atomic mass is 16.1. The third kappa shape index (κ3) is 5.37. The average molecular weight is 263 g/mol. The maximum Gasteiger partial charge on any atom is 0.224 e. The fourth-order valence-corrected chi connectivity index (χ4v) is 2.40. The number of rotatable bonds is 4. The van der Waals surface area contributed by atoms with E-state index in [-0.39, 0.29) is 11.3 Å². The molecule has 4 nitrogen and oxygen atoms in total. The van der Waals surface area contributed by atoms with Gasteiger partial charge < -0.3 is 5.32 Å². The predicted molar refractivity (Wildman–Crippen MR) is 78.0 cm³/mol. The highest BCUT2D eigenvalue weighted by molar-refractivity contribution is 5.91. The highest BCUT2D eigenvalue weighted by Crippen LogP contribution is 2.26. The van der Waals surface area contributed by atoms with Crippen molar-refractivity contribution in [2.24, 2.45) is 11.3 Å². The number of aryl methyl sites for hydroxylation is 2. The number of hydrogen-bond donors (Lipinski definition) is 1. The van der Waals surface area contributed by atoms with Crippen LogP contribution in [0.5, 0.6) is 0 Å². The molecule has 1 atom stereocenters. The minimum Gasteiger partial charge on any atom is -0.323 e. The molecule has 1 amide bonds. The molecule has 1 heterocycles. The Balaban J connectivity index is 2.61. The number of carbonyl (C=O) groups is 1. The lowest BCUT2D eigenvalue weighted by atomic mass is 9.84. The van der Waals surface area contributed by atoms with Crippen LogP contribution in [0.4, 0.5) is 5.69 Å². The molecule has 0 aromatic carbocycles. The minimum atomic E-state index is 0.0396. The number of nitrogens with one attached hydrogen (secondary N) is 1. The third-order valence-electron chi connectivity index (χ3n) is 2.99. The van der Waals surface area contributed by atoms with Gasteiger partial charge in [-0.25, -0.2) is 9.97 Å². The largest absolute Gasteiger partial charge is 0.323 e. The van der Waals surface area contributed by atoms with Gasteiger partial charge in [-0.05, 0) is 31.6 Å². The second kappa shape index (κ2) is 6.13. The molecule has 1 aromatic heterocycles. The van der Waals surface area contributed by atoms with Gasteiger partial charge in [0.1, 0.15) is 6.33 Å². The van der Waals surface area contributed by atoms with Crippen LogP contribution < -0.4 is 5.32 Å². The van der Waals surface area contributed by atoms with Crippen molar-refractivity contribution in [2.75, 3.05) is 5.32 Å². The number of anilines is 1. The molecular formula is C15H25N3O. The molecule has 106 valence electrons. The van der Waals surface area contributed by atoms with Gasteiger partial charge >= 0.3 is 0 Å². The lowest BCUT2D eigenvalue weighted by molar-refractivity contribution is -0.117. The summed E-state index contributed by atoms with van der Waals surface area (Å²) in [6.07, 6.45) is 3.08. The Hall–Kier alpha value is -1.45. The number of carbonyl (C=O) groups excluding carboxylic acids is 1. The van der Waals surface area contributed by atoms with Crippen LogP contribution in [-0.2, 0) is 4.79 Å². The summed E-state index contributed by atoms with van der Waals surface area (Å²) < 4.78 is 0. The van der Waals surface area contributed by atoms with Crippen LogP contribution in [0.3, 0.4) is 0 Å². The van der Waals surface area contributed by atoms with Gasteiger partial charge in [-0.15, -0.1) is 0 Å². The third-order valence-corrected chi connectivity index (χ3v) is 2.99. The van der Waals surface area contributed by atoms with Crippen LogP contribution in [-0.4, -0.2) is 15.9 Å². The van der Waals surface area contributed by atoms with E-state index in [0.29, 0.717) is 12.3 Å². The molecule has 0 bridgehead atoms. The smallest absolute Gasteiger partial charge is 0.224 e. The summed E-state index contributed by atoms with van der Waals surface area (Å²) in [6.45, 7) is 12.5. The van der Waals surface area contributed by atoms with Gasteiger partial charge in [0.15, 0.2) is 0 Å². The lowest BCUT2D eigenvalue weighted by Crippen LogP contribution is -2.20. The fraction of sp³-hybridized carbons (Fsp3) is 0.667. The number of aromatic nitrogens is 2. The van der Waals surface area contributed by atoms with Gasteiger partial charge in [-0.3, -0.25) is 4.79 Å². The first kappa shape index (κ1) is 15.6. The molecule has 19 heavy (non-hydrogen) atoms. The van der Waals surface area contributed by atoms with E-state index in [9.17, 15) is 4.79 Å². The van der Waals surface area contributed by atoms with Crippen molar-refractivity contribution in [3.8, 4) is 0 Å². The first-order chi connectivity index (χ1) is 8.69. The molecule has 1 rings (SSSR count). The zero-order valence-corrected chi connectivity index (χ0v) is 12.9. The minimum absolute atomic E-state index is 0.0396. The first-order valence-corrected chi connectivity index (χ1v) is 6.77. The van der Waals surface area contributed by atoms with Crippen LogP contribution >= 0.6 is 0 Å². The summed E-state index contributed by atoms with van der Waals surface area (Å²) in [4.78, 5) is 20.3. The van der Waals surface area contributed by atoms with Crippen LogP contribution in [0.2, 0.25) is 0 Å². The molecule has 0 spiro atoms. The van der Waals surface area contributed by atoms with E-state index < -0.39 is 0 Å². The zero-order chi connectivity index (χ0) is 14.6. The topological polar surface area (TPSA) is 54.9 Å². The Labute approximate surface area is 116 Å². The van der Waals surface area contributed by atoms with E-state index in [1.807, 2.05) is 13.8 Å². The summed E-state index contributed by atoms with van der Waals surface area (Å²) in [5.74, 6) is 0.406. The molecule has 0 aliphatic carbocycles. The van der Waals surface area contributed by atoms with E-state index in [0.717, 1.165) is 23.5 Å². The second-order valence-corrected chi connectivity index (χ2v) is 6.54. The molecule has 0 fully saturated rings. The lowest BCUT2D eigenvalue weighted by Gasteiger charge is -2.23. The number of amides is 1.